The molecule has 2 atom stereocenters. The summed E-state index contributed by atoms with van der Waals surface area (Å²) in [6.07, 6.45) is 3.31. The molecule has 2 aliphatic heterocycles. The number of aromatic nitrogens is 3. The van der Waals surface area contributed by atoms with Crippen molar-refractivity contribution in [3.63, 3.8) is 0 Å². The molecule has 4 rings (SSSR count). The van der Waals surface area contributed by atoms with Crippen molar-refractivity contribution in [2.75, 3.05) is 25.0 Å². The number of likely N-dealkylation sites (tertiary alicyclic amines) is 1. The first-order valence-electron chi connectivity index (χ1n) is 9.46. The zero-order valence-corrected chi connectivity index (χ0v) is 15.6. The Bertz CT molecular complexity index is 750. The Hall–Kier alpha value is -2.05. The molecule has 0 saturated carbocycles. The molecular formula is C20H27N5O. The van der Waals surface area contributed by atoms with Crippen molar-refractivity contribution in [2.45, 2.75) is 51.3 Å². The van der Waals surface area contributed by atoms with Crippen molar-refractivity contribution in [3.05, 3.63) is 47.4 Å². The summed E-state index contributed by atoms with van der Waals surface area (Å²) < 4.78 is 6.31. The molecule has 0 bridgehead atoms. The minimum atomic E-state index is -0.0438. The van der Waals surface area contributed by atoms with Crippen molar-refractivity contribution in [3.8, 4) is 0 Å². The Morgan fingerprint density at radius 3 is 2.92 bits per heavy atom. The van der Waals surface area contributed by atoms with Gasteiger partial charge in [0.1, 0.15) is 5.82 Å². The van der Waals surface area contributed by atoms with Gasteiger partial charge in [-0.15, -0.1) is 5.10 Å². The number of pyridine rings is 1. The van der Waals surface area contributed by atoms with Gasteiger partial charge in [0.05, 0.1) is 29.6 Å². The molecule has 0 radical (unpaired) electrons. The van der Waals surface area contributed by atoms with Crippen LogP contribution >= 0.6 is 0 Å². The first kappa shape index (κ1) is 17.4. The molecule has 2 aromatic heterocycles. The predicted molar refractivity (Wildman–Crippen MR) is 101 cm³/mol. The molecule has 0 aliphatic carbocycles. The highest BCUT2D eigenvalue weighted by Gasteiger charge is 2.43. The average Bonchev–Trinajstić information content (AvgIpc) is 2.99. The highest BCUT2D eigenvalue weighted by molar-refractivity contribution is 5.34. The van der Waals surface area contributed by atoms with E-state index in [-0.39, 0.29) is 5.60 Å². The molecule has 4 heterocycles. The Morgan fingerprint density at radius 2 is 2.12 bits per heavy atom. The van der Waals surface area contributed by atoms with E-state index in [1.807, 2.05) is 32.0 Å². The third kappa shape index (κ3) is 4.02. The number of hydrogen-bond donors (Lipinski definition) is 1. The molecule has 6 nitrogen and oxygen atoms in total. The number of rotatable bonds is 4. The van der Waals surface area contributed by atoms with Gasteiger partial charge in [0.15, 0.2) is 0 Å². The minimum absolute atomic E-state index is 0.0438. The van der Waals surface area contributed by atoms with Gasteiger partial charge in [-0.3, -0.25) is 9.88 Å². The monoisotopic (exact) mass is 353 g/mol. The number of aryl methyl sites for hydroxylation is 2. The fourth-order valence-electron chi connectivity index (χ4n) is 4.15. The maximum absolute atomic E-state index is 6.31. The molecule has 1 spiro atoms. The Balaban J connectivity index is 1.37. The number of nitrogens with zero attached hydrogens (tertiary/aromatic N) is 4. The van der Waals surface area contributed by atoms with E-state index in [2.05, 4.69) is 37.5 Å². The third-order valence-corrected chi connectivity index (χ3v) is 5.31. The van der Waals surface area contributed by atoms with Crippen LogP contribution in [0.3, 0.4) is 0 Å². The van der Waals surface area contributed by atoms with Crippen molar-refractivity contribution in [2.24, 2.45) is 0 Å². The molecular weight excluding hydrogens is 326 g/mol. The van der Waals surface area contributed by atoms with Crippen LogP contribution in [0.1, 0.15) is 36.3 Å². The highest BCUT2D eigenvalue weighted by Crippen LogP contribution is 2.36. The SMILES string of the molecule is Cc1ccc(N[C@@H]2CO[C@@]3(CCCN(Cc4cccc(C)n4)C3)C2)nn1. The van der Waals surface area contributed by atoms with E-state index in [1.165, 1.54) is 6.42 Å². The van der Waals surface area contributed by atoms with Crippen LogP contribution in [-0.2, 0) is 11.3 Å². The third-order valence-electron chi connectivity index (χ3n) is 5.31. The second-order valence-corrected chi connectivity index (χ2v) is 7.68. The first-order chi connectivity index (χ1) is 12.6. The van der Waals surface area contributed by atoms with Gasteiger partial charge >= 0.3 is 0 Å². The zero-order valence-electron chi connectivity index (χ0n) is 15.6. The lowest BCUT2D eigenvalue weighted by atomic mass is 9.88. The first-order valence-corrected chi connectivity index (χ1v) is 9.46. The van der Waals surface area contributed by atoms with E-state index in [0.717, 1.165) is 62.0 Å². The number of ether oxygens (including phenoxy) is 1. The largest absolute Gasteiger partial charge is 0.371 e. The van der Waals surface area contributed by atoms with Gasteiger partial charge < -0.3 is 10.1 Å². The van der Waals surface area contributed by atoms with Crippen LogP contribution in [0.5, 0.6) is 0 Å². The van der Waals surface area contributed by atoms with Gasteiger partial charge in [0.2, 0.25) is 0 Å². The van der Waals surface area contributed by atoms with Gasteiger partial charge in [-0.1, -0.05) is 6.07 Å². The summed E-state index contributed by atoms with van der Waals surface area (Å²) in [4.78, 5) is 7.14. The number of hydrogen-bond acceptors (Lipinski definition) is 6. The second kappa shape index (κ2) is 7.29. The summed E-state index contributed by atoms with van der Waals surface area (Å²) in [6.45, 7) is 7.71. The van der Waals surface area contributed by atoms with Crippen LogP contribution in [0.15, 0.2) is 30.3 Å². The maximum Gasteiger partial charge on any atom is 0.148 e. The van der Waals surface area contributed by atoms with Crippen LogP contribution < -0.4 is 5.32 Å². The van der Waals surface area contributed by atoms with E-state index in [4.69, 9.17) is 4.74 Å². The lowest BCUT2D eigenvalue weighted by Crippen LogP contribution is -2.47. The minimum Gasteiger partial charge on any atom is -0.371 e. The summed E-state index contributed by atoms with van der Waals surface area (Å²) in [5.41, 5.74) is 3.11. The average molecular weight is 353 g/mol. The van der Waals surface area contributed by atoms with Crippen molar-refractivity contribution >= 4 is 5.82 Å². The molecule has 2 fully saturated rings. The summed E-state index contributed by atoms with van der Waals surface area (Å²) in [5.74, 6) is 0.831. The quantitative estimate of drug-likeness (QED) is 0.912. The van der Waals surface area contributed by atoms with E-state index >= 15 is 0 Å². The van der Waals surface area contributed by atoms with Crippen LogP contribution in [0.25, 0.3) is 0 Å². The van der Waals surface area contributed by atoms with Gasteiger partial charge in [-0.05, 0) is 57.5 Å². The standard InChI is InChI=1S/C20H27N5O/c1-15-5-3-6-17(21-15)12-25-10-4-9-20(14-25)11-18(13-26-20)22-19-8-7-16(2)23-24-19/h3,5-8,18H,4,9-14H2,1-2H3,(H,22,24)/t18-,20-/m0/s1. The molecule has 0 amide bonds. The van der Waals surface area contributed by atoms with Gasteiger partial charge in [0.25, 0.3) is 0 Å². The Morgan fingerprint density at radius 1 is 1.19 bits per heavy atom. The zero-order chi connectivity index (χ0) is 18.0. The smallest absolute Gasteiger partial charge is 0.148 e. The fourth-order valence-corrected chi connectivity index (χ4v) is 4.15. The molecule has 138 valence electrons. The van der Waals surface area contributed by atoms with E-state index < -0.39 is 0 Å². The normalized spacial score (nSPS) is 26.3. The van der Waals surface area contributed by atoms with Crippen molar-refractivity contribution in [1.82, 2.24) is 20.1 Å². The topological polar surface area (TPSA) is 63.2 Å². The summed E-state index contributed by atoms with van der Waals surface area (Å²) in [7, 11) is 0. The summed E-state index contributed by atoms with van der Waals surface area (Å²) in [5, 5.41) is 11.8. The van der Waals surface area contributed by atoms with E-state index in [0.29, 0.717) is 6.04 Å². The van der Waals surface area contributed by atoms with E-state index in [1.54, 1.807) is 0 Å². The summed E-state index contributed by atoms with van der Waals surface area (Å²) >= 11 is 0. The predicted octanol–water partition coefficient (Wildman–Crippen LogP) is 2.72. The molecule has 2 saturated heterocycles. The van der Waals surface area contributed by atoms with Gasteiger partial charge in [-0.25, -0.2) is 0 Å². The number of nitrogens with one attached hydrogen (secondary N) is 1. The van der Waals surface area contributed by atoms with Gasteiger partial charge in [0, 0.05) is 25.2 Å². The highest BCUT2D eigenvalue weighted by atomic mass is 16.5. The van der Waals surface area contributed by atoms with Crippen molar-refractivity contribution < 1.29 is 4.74 Å². The molecule has 0 aromatic carbocycles. The fraction of sp³-hybridized carbons (Fsp3) is 0.550. The molecule has 2 aliphatic rings. The Kier molecular flexibility index (Phi) is 4.87. The second-order valence-electron chi connectivity index (χ2n) is 7.68. The Labute approximate surface area is 155 Å². The summed E-state index contributed by atoms with van der Waals surface area (Å²) in [6, 6.07) is 10.5. The maximum atomic E-state index is 6.31. The molecule has 26 heavy (non-hydrogen) atoms. The molecule has 1 N–H and O–H groups in total. The van der Waals surface area contributed by atoms with Crippen LogP contribution in [0.4, 0.5) is 5.82 Å². The van der Waals surface area contributed by atoms with Crippen LogP contribution in [0.2, 0.25) is 0 Å². The molecule has 6 heteroatoms. The van der Waals surface area contributed by atoms with Crippen LogP contribution in [-0.4, -0.2) is 51.4 Å². The van der Waals surface area contributed by atoms with E-state index in [9.17, 15) is 0 Å². The number of piperidine rings is 1. The molecule has 0 unspecified atom stereocenters. The number of anilines is 1. The lowest BCUT2D eigenvalue weighted by molar-refractivity contribution is -0.0535. The lowest BCUT2D eigenvalue weighted by Gasteiger charge is -2.39. The van der Waals surface area contributed by atoms with Gasteiger partial charge in [-0.2, -0.15) is 5.10 Å². The molecule has 2 aromatic rings. The van der Waals surface area contributed by atoms with Crippen molar-refractivity contribution in [1.29, 1.82) is 0 Å². The van der Waals surface area contributed by atoms with Crippen LogP contribution in [0, 0.1) is 13.8 Å².